The number of fused-ring (bicyclic) bond motifs is 3. The number of hydrogen-bond acceptors (Lipinski definition) is 9. The van der Waals surface area contributed by atoms with Crippen molar-refractivity contribution < 1.29 is 4.79 Å². The van der Waals surface area contributed by atoms with Gasteiger partial charge in [-0.05, 0) is 41.6 Å². The number of nitrogens with one attached hydrogen (secondary N) is 1. The number of nitrogens with zero attached hydrogens (tertiary/aromatic N) is 8. The van der Waals surface area contributed by atoms with Gasteiger partial charge in [0.05, 0.1) is 22.9 Å². The molecule has 2 fully saturated rings. The summed E-state index contributed by atoms with van der Waals surface area (Å²) in [6, 6.07) is 0.239. The van der Waals surface area contributed by atoms with E-state index in [-0.39, 0.29) is 36.3 Å². The summed E-state index contributed by atoms with van der Waals surface area (Å²) in [6.07, 6.45) is 10.1. The highest BCUT2D eigenvalue weighted by Crippen LogP contribution is 2.45. The van der Waals surface area contributed by atoms with Crippen LogP contribution in [0.3, 0.4) is 0 Å². The van der Waals surface area contributed by atoms with Gasteiger partial charge in [-0.2, -0.15) is 9.61 Å². The number of anilines is 1. The van der Waals surface area contributed by atoms with Crippen molar-refractivity contribution >= 4 is 33.3 Å². The van der Waals surface area contributed by atoms with Crippen LogP contribution in [0.25, 0.3) is 16.8 Å². The molecule has 34 heavy (non-hydrogen) atoms. The molecule has 2 saturated heterocycles. The van der Waals surface area contributed by atoms with Crippen LogP contribution in [0.4, 0.5) is 5.82 Å². The van der Waals surface area contributed by atoms with Crippen molar-refractivity contribution in [2.24, 2.45) is 5.73 Å². The third-order valence-electron chi connectivity index (χ3n) is 6.82. The first kappa shape index (κ1) is 21.1. The van der Waals surface area contributed by atoms with Gasteiger partial charge in [0.15, 0.2) is 5.65 Å². The number of nitrogens with two attached hydrogens (primary N) is 2. The van der Waals surface area contributed by atoms with E-state index >= 15 is 0 Å². The van der Waals surface area contributed by atoms with Gasteiger partial charge in [0.25, 0.3) is 5.91 Å². The van der Waals surface area contributed by atoms with Crippen LogP contribution < -0.4 is 11.5 Å². The van der Waals surface area contributed by atoms with E-state index in [4.69, 9.17) is 16.5 Å². The minimum atomic E-state index is -0.0931. The van der Waals surface area contributed by atoms with Crippen LogP contribution in [0.15, 0.2) is 29.4 Å². The van der Waals surface area contributed by atoms with Crippen LogP contribution in [-0.4, -0.2) is 62.6 Å². The van der Waals surface area contributed by atoms with Crippen LogP contribution in [0.1, 0.15) is 53.7 Å². The number of aromatic nitrogens is 8. The summed E-state index contributed by atoms with van der Waals surface area (Å²) in [5, 5.41) is 12.1. The molecule has 0 spiro atoms. The lowest BCUT2D eigenvalue weighted by molar-refractivity contribution is 0.0557. The maximum atomic E-state index is 13.0. The molecule has 5 N–H and O–H groups in total. The van der Waals surface area contributed by atoms with Crippen molar-refractivity contribution in [2.45, 2.75) is 50.2 Å². The van der Waals surface area contributed by atoms with Crippen molar-refractivity contribution in [1.29, 1.82) is 0 Å². The highest BCUT2D eigenvalue weighted by Gasteiger charge is 2.45. The van der Waals surface area contributed by atoms with Crippen molar-refractivity contribution in [3.8, 4) is 11.1 Å². The zero-order valence-electron chi connectivity index (χ0n) is 18.1. The van der Waals surface area contributed by atoms with Gasteiger partial charge in [0, 0.05) is 41.5 Å². The van der Waals surface area contributed by atoms with Crippen LogP contribution in [-0.2, 0) is 6.54 Å². The highest BCUT2D eigenvalue weighted by atomic mass is 79.9. The zero-order chi connectivity index (χ0) is 23.4. The summed E-state index contributed by atoms with van der Waals surface area (Å²) in [6.45, 7) is 0.275. The number of hydrogen-bond donors (Lipinski definition) is 3. The number of carbonyl (C=O) groups excluding carboxylic acids is 1. The van der Waals surface area contributed by atoms with Crippen molar-refractivity contribution in [3.63, 3.8) is 0 Å². The molecular formula is C21H22BrN11O. The Morgan fingerprint density at radius 3 is 2.56 bits per heavy atom. The average molecular weight is 524 g/mol. The van der Waals surface area contributed by atoms with Gasteiger partial charge in [0.2, 0.25) is 5.82 Å². The zero-order valence-corrected chi connectivity index (χ0v) is 19.7. The molecule has 174 valence electrons. The first-order chi connectivity index (χ1) is 16.5. The minimum absolute atomic E-state index is 0.0931. The number of halogens is 1. The number of piperidine rings is 1. The Morgan fingerprint density at radius 2 is 1.91 bits per heavy atom. The van der Waals surface area contributed by atoms with Crippen LogP contribution >= 0.6 is 15.9 Å². The SMILES string of the molecule is NCc1ncc(-c2cnn3c(N)c(Br)c([C@H]4C[C@H]5CC[C@@H](C4)N5C(=O)c4nnc[nH]4)nc23)cn1. The Kier molecular flexibility index (Phi) is 5.03. The van der Waals surface area contributed by atoms with Gasteiger partial charge in [0.1, 0.15) is 18.0 Å². The van der Waals surface area contributed by atoms with E-state index in [1.54, 1.807) is 23.1 Å². The highest BCUT2D eigenvalue weighted by molar-refractivity contribution is 9.10. The maximum Gasteiger partial charge on any atom is 0.292 e. The van der Waals surface area contributed by atoms with E-state index in [0.29, 0.717) is 17.3 Å². The lowest BCUT2D eigenvalue weighted by atomic mass is 9.87. The maximum absolute atomic E-state index is 13.0. The van der Waals surface area contributed by atoms with Crippen LogP contribution in [0.5, 0.6) is 0 Å². The summed E-state index contributed by atoms with van der Waals surface area (Å²) in [5.41, 5.74) is 15.2. The Morgan fingerprint density at radius 1 is 1.18 bits per heavy atom. The Bertz CT molecular complexity index is 1350. The van der Waals surface area contributed by atoms with Crippen molar-refractivity contribution in [3.05, 3.63) is 46.7 Å². The third kappa shape index (κ3) is 3.26. The lowest BCUT2D eigenvalue weighted by Crippen LogP contribution is -2.46. The van der Waals surface area contributed by atoms with Gasteiger partial charge in [-0.15, -0.1) is 10.2 Å². The first-order valence-electron chi connectivity index (χ1n) is 11.1. The first-order valence-corrected chi connectivity index (χ1v) is 11.9. The minimum Gasteiger partial charge on any atom is -0.383 e. The molecule has 0 aromatic carbocycles. The molecule has 3 atom stereocenters. The number of rotatable bonds is 4. The van der Waals surface area contributed by atoms with Crippen molar-refractivity contribution in [2.75, 3.05) is 5.73 Å². The predicted molar refractivity (Wildman–Crippen MR) is 125 cm³/mol. The molecule has 0 saturated carbocycles. The lowest BCUT2D eigenvalue weighted by Gasteiger charge is -2.38. The molecule has 6 rings (SSSR count). The van der Waals surface area contributed by atoms with Gasteiger partial charge in [-0.3, -0.25) is 4.79 Å². The predicted octanol–water partition coefficient (Wildman–Crippen LogP) is 1.66. The van der Waals surface area contributed by atoms with E-state index in [1.807, 2.05) is 4.90 Å². The number of nitrogen functional groups attached to an aromatic ring is 1. The summed E-state index contributed by atoms with van der Waals surface area (Å²) in [5.74, 6) is 1.39. The average Bonchev–Trinajstić information content (AvgIpc) is 3.59. The molecule has 2 aliphatic heterocycles. The second kappa shape index (κ2) is 8.09. The summed E-state index contributed by atoms with van der Waals surface area (Å²) in [7, 11) is 0. The number of aromatic amines is 1. The number of amides is 1. The summed E-state index contributed by atoms with van der Waals surface area (Å²) >= 11 is 3.67. The third-order valence-corrected chi connectivity index (χ3v) is 7.63. The second-order valence-corrected chi connectivity index (χ2v) is 9.48. The quantitative estimate of drug-likeness (QED) is 0.359. The fourth-order valence-corrected chi connectivity index (χ4v) is 5.83. The monoisotopic (exact) mass is 523 g/mol. The second-order valence-electron chi connectivity index (χ2n) is 8.69. The molecule has 0 radical (unpaired) electrons. The topological polar surface area (TPSA) is 170 Å². The van der Waals surface area contributed by atoms with Gasteiger partial charge < -0.3 is 21.4 Å². The van der Waals surface area contributed by atoms with Crippen LogP contribution in [0, 0.1) is 0 Å². The smallest absolute Gasteiger partial charge is 0.292 e. The van der Waals surface area contributed by atoms with Gasteiger partial charge in [-0.25, -0.2) is 15.0 Å². The molecule has 4 aromatic heterocycles. The van der Waals surface area contributed by atoms with E-state index in [1.165, 1.54) is 6.33 Å². The molecular weight excluding hydrogens is 502 g/mol. The molecule has 6 heterocycles. The Labute approximate surface area is 202 Å². The summed E-state index contributed by atoms with van der Waals surface area (Å²) in [4.78, 5) is 31.4. The molecule has 1 amide bonds. The van der Waals surface area contributed by atoms with Gasteiger partial charge in [-0.1, -0.05) is 0 Å². The fraction of sp³-hybridized carbons (Fsp3) is 0.381. The molecule has 13 heteroatoms. The van der Waals surface area contributed by atoms with E-state index in [9.17, 15) is 4.79 Å². The molecule has 2 bridgehead atoms. The van der Waals surface area contributed by atoms with Crippen LogP contribution in [0.2, 0.25) is 0 Å². The van der Waals surface area contributed by atoms with E-state index < -0.39 is 0 Å². The number of carbonyl (C=O) groups is 1. The fourth-order valence-electron chi connectivity index (χ4n) is 5.25. The number of H-pyrrole nitrogens is 1. The molecule has 12 nitrogen and oxygen atoms in total. The van der Waals surface area contributed by atoms with E-state index in [0.717, 1.165) is 47.0 Å². The Balaban J connectivity index is 1.35. The van der Waals surface area contributed by atoms with Crippen molar-refractivity contribution in [1.82, 2.24) is 44.6 Å². The normalized spacial score (nSPS) is 21.9. The van der Waals surface area contributed by atoms with E-state index in [2.05, 4.69) is 46.2 Å². The Hall–Kier alpha value is -3.45. The largest absolute Gasteiger partial charge is 0.383 e. The molecule has 0 unspecified atom stereocenters. The molecule has 2 aliphatic rings. The molecule has 0 aliphatic carbocycles. The van der Waals surface area contributed by atoms with Gasteiger partial charge >= 0.3 is 0 Å². The standard InChI is InChI=1S/C21H22BrN11O/c22-16-17(10-3-12-1-2-13(4-10)32(12)21(34)19-27-9-28-31-19)30-20-14(8-29-33(20)18(16)24)11-6-25-15(5-23)26-7-11/h6-10,12-13H,1-5,23-24H2,(H,27,28,31)/t10-,12+,13-. The molecule has 4 aromatic rings. The summed E-state index contributed by atoms with van der Waals surface area (Å²) < 4.78 is 2.36.